The smallest absolute Gasteiger partial charge is 0.162 e. The molecule has 0 N–H and O–H groups in total. The summed E-state index contributed by atoms with van der Waals surface area (Å²) in [5, 5.41) is 0. The lowest BCUT2D eigenvalue weighted by Gasteiger charge is -2.29. The van der Waals surface area contributed by atoms with Crippen LogP contribution in [0.2, 0.25) is 0 Å². The van der Waals surface area contributed by atoms with Gasteiger partial charge in [0.15, 0.2) is 5.78 Å². The molecule has 0 fully saturated rings. The normalized spacial score (nSPS) is 27.2. The Morgan fingerprint density at radius 3 is 2.67 bits per heavy atom. The standard InChI is InChI=1S/C11H16O/c1-8(2)9-7-11(3,4)6-5-10(9)12/h5-6,9H,1,7H2,2-4H3. The molecular weight excluding hydrogens is 148 g/mol. The summed E-state index contributed by atoms with van der Waals surface area (Å²) >= 11 is 0. The Morgan fingerprint density at radius 1 is 1.67 bits per heavy atom. The average molecular weight is 164 g/mol. The predicted octanol–water partition coefficient (Wildman–Crippen LogP) is 2.73. The first-order valence-electron chi connectivity index (χ1n) is 4.31. The van der Waals surface area contributed by atoms with Gasteiger partial charge in [-0.15, -0.1) is 0 Å². The number of carbonyl (C=O) groups is 1. The van der Waals surface area contributed by atoms with E-state index in [1.165, 1.54) is 0 Å². The molecule has 0 bridgehead atoms. The van der Waals surface area contributed by atoms with Crippen molar-refractivity contribution in [3.63, 3.8) is 0 Å². The van der Waals surface area contributed by atoms with Gasteiger partial charge in [-0.25, -0.2) is 0 Å². The zero-order valence-electron chi connectivity index (χ0n) is 8.05. The molecule has 0 saturated heterocycles. The summed E-state index contributed by atoms with van der Waals surface area (Å²) < 4.78 is 0. The summed E-state index contributed by atoms with van der Waals surface area (Å²) in [6, 6.07) is 0. The van der Waals surface area contributed by atoms with E-state index in [-0.39, 0.29) is 17.1 Å². The maximum absolute atomic E-state index is 11.4. The van der Waals surface area contributed by atoms with Crippen molar-refractivity contribution in [2.45, 2.75) is 27.2 Å². The number of ketones is 1. The van der Waals surface area contributed by atoms with E-state index < -0.39 is 0 Å². The van der Waals surface area contributed by atoms with Crippen LogP contribution in [0, 0.1) is 11.3 Å². The highest BCUT2D eigenvalue weighted by molar-refractivity contribution is 5.94. The van der Waals surface area contributed by atoms with E-state index in [2.05, 4.69) is 20.4 Å². The van der Waals surface area contributed by atoms with Crippen LogP contribution >= 0.6 is 0 Å². The monoisotopic (exact) mass is 164 g/mol. The van der Waals surface area contributed by atoms with E-state index in [1.807, 2.05) is 13.0 Å². The van der Waals surface area contributed by atoms with Gasteiger partial charge in [0, 0.05) is 5.92 Å². The maximum Gasteiger partial charge on any atom is 0.162 e. The quantitative estimate of drug-likeness (QED) is 0.544. The second-order valence-corrected chi connectivity index (χ2v) is 4.33. The van der Waals surface area contributed by atoms with Crippen molar-refractivity contribution in [3.05, 3.63) is 24.3 Å². The molecule has 1 atom stereocenters. The van der Waals surface area contributed by atoms with Crippen LogP contribution in [0.4, 0.5) is 0 Å². The van der Waals surface area contributed by atoms with Crippen LogP contribution in [-0.4, -0.2) is 5.78 Å². The second kappa shape index (κ2) is 2.89. The summed E-state index contributed by atoms with van der Waals surface area (Å²) in [5.74, 6) is 0.256. The van der Waals surface area contributed by atoms with Crippen molar-refractivity contribution in [1.82, 2.24) is 0 Å². The fraction of sp³-hybridized carbons (Fsp3) is 0.545. The summed E-state index contributed by atoms with van der Waals surface area (Å²) in [7, 11) is 0. The Kier molecular flexibility index (Phi) is 2.22. The molecule has 1 nitrogen and oxygen atoms in total. The topological polar surface area (TPSA) is 17.1 Å². The van der Waals surface area contributed by atoms with Gasteiger partial charge in [0.1, 0.15) is 0 Å². The molecule has 1 heteroatoms. The number of hydrogen-bond donors (Lipinski definition) is 0. The van der Waals surface area contributed by atoms with Crippen molar-refractivity contribution < 1.29 is 4.79 Å². The highest BCUT2D eigenvalue weighted by Crippen LogP contribution is 2.34. The van der Waals surface area contributed by atoms with Crippen LogP contribution in [-0.2, 0) is 4.79 Å². The van der Waals surface area contributed by atoms with Crippen LogP contribution in [0.3, 0.4) is 0 Å². The molecule has 0 spiro atoms. The second-order valence-electron chi connectivity index (χ2n) is 4.33. The molecule has 1 rings (SSSR count). The summed E-state index contributed by atoms with van der Waals surface area (Å²) in [4.78, 5) is 11.4. The van der Waals surface area contributed by atoms with E-state index >= 15 is 0 Å². The zero-order valence-corrected chi connectivity index (χ0v) is 8.05. The molecule has 1 unspecified atom stereocenters. The van der Waals surface area contributed by atoms with Gasteiger partial charge in [0.2, 0.25) is 0 Å². The first kappa shape index (κ1) is 9.24. The first-order chi connectivity index (χ1) is 5.42. The SMILES string of the molecule is C=C(C)C1CC(C)(C)C=CC1=O. The molecule has 0 heterocycles. The fourth-order valence-electron chi connectivity index (χ4n) is 1.54. The van der Waals surface area contributed by atoms with Crippen LogP contribution in [0.15, 0.2) is 24.3 Å². The molecule has 0 amide bonds. The first-order valence-corrected chi connectivity index (χ1v) is 4.31. The fourth-order valence-corrected chi connectivity index (χ4v) is 1.54. The third kappa shape index (κ3) is 1.84. The molecule has 12 heavy (non-hydrogen) atoms. The number of allylic oxidation sites excluding steroid dienone is 3. The van der Waals surface area contributed by atoms with Gasteiger partial charge >= 0.3 is 0 Å². The van der Waals surface area contributed by atoms with E-state index in [1.54, 1.807) is 6.08 Å². The largest absolute Gasteiger partial charge is 0.294 e. The lowest BCUT2D eigenvalue weighted by atomic mass is 9.74. The van der Waals surface area contributed by atoms with Gasteiger partial charge in [0.25, 0.3) is 0 Å². The molecule has 0 aliphatic heterocycles. The van der Waals surface area contributed by atoms with Gasteiger partial charge in [-0.2, -0.15) is 0 Å². The Bertz CT molecular complexity index is 246. The summed E-state index contributed by atoms with van der Waals surface area (Å²) in [5.41, 5.74) is 1.13. The van der Waals surface area contributed by atoms with Gasteiger partial charge in [-0.1, -0.05) is 32.1 Å². The van der Waals surface area contributed by atoms with E-state index in [0.29, 0.717) is 0 Å². The zero-order chi connectivity index (χ0) is 9.35. The Morgan fingerprint density at radius 2 is 2.25 bits per heavy atom. The van der Waals surface area contributed by atoms with Crippen molar-refractivity contribution in [1.29, 1.82) is 0 Å². The van der Waals surface area contributed by atoms with Crippen LogP contribution in [0.25, 0.3) is 0 Å². The third-order valence-corrected chi connectivity index (χ3v) is 2.37. The maximum atomic E-state index is 11.4. The van der Waals surface area contributed by atoms with Crippen molar-refractivity contribution in [3.8, 4) is 0 Å². The van der Waals surface area contributed by atoms with E-state index in [9.17, 15) is 4.79 Å². The molecule has 0 saturated carbocycles. The number of hydrogen-bond acceptors (Lipinski definition) is 1. The number of rotatable bonds is 1. The molecule has 1 aliphatic rings. The van der Waals surface area contributed by atoms with Gasteiger partial charge in [-0.05, 0) is 24.8 Å². The number of carbonyl (C=O) groups excluding carboxylic acids is 1. The average Bonchev–Trinajstić information content (AvgIpc) is 1.94. The van der Waals surface area contributed by atoms with Gasteiger partial charge < -0.3 is 0 Å². The van der Waals surface area contributed by atoms with Crippen molar-refractivity contribution in [2.75, 3.05) is 0 Å². The minimum Gasteiger partial charge on any atom is -0.294 e. The molecule has 66 valence electrons. The Balaban J connectivity index is 2.88. The van der Waals surface area contributed by atoms with Gasteiger partial charge in [-0.3, -0.25) is 4.79 Å². The van der Waals surface area contributed by atoms with Crippen LogP contribution in [0.1, 0.15) is 27.2 Å². The summed E-state index contributed by atoms with van der Waals surface area (Å²) in [6.07, 6.45) is 4.59. The molecule has 0 aromatic heterocycles. The minimum absolute atomic E-state index is 0.0463. The molecule has 0 radical (unpaired) electrons. The highest BCUT2D eigenvalue weighted by Gasteiger charge is 2.29. The Labute approximate surface area is 74.2 Å². The van der Waals surface area contributed by atoms with Crippen LogP contribution in [0.5, 0.6) is 0 Å². The molecular formula is C11H16O. The van der Waals surface area contributed by atoms with Crippen LogP contribution < -0.4 is 0 Å². The van der Waals surface area contributed by atoms with E-state index in [0.717, 1.165) is 12.0 Å². The Hall–Kier alpha value is -0.850. The minimum atomic E-state index is 0.0463. The van der Waals surface area contributed by atoms with Crippen molar-refractivity contribution in [2.24, 2.45) is 11.3 Å². The lowest BCUT2D eigenvalue weighted by molar-refractivity contribution is -0.118. The predicted molar refractivity (Wildman–Crippen MR) is 50.8 cm³/mol. The third-order valence-electron chi connectivity index (χ3n) is 2.37. The van der Waals surface area contributed by atoms with E-state index in [4.69, 9.17) is 0 Å². The highest BCUT2D eigenvalue weighted by atomic mass is 16.1. The molecule has 1 aliphatic carbocycles. The summed E-state index contributed by atoms with van der Waals surface area (Å²) in [6.45, 7) is 10.1. The molecule has 0 aromatic carbocycles. The van der Waals surface area contributed by atoms with Gasteiger partial charge in [0.05, 0.1) is 0 Å². The molecule has 0 aromatic rings. The lowest BCUT2D eigenvalue weighted by Crippen LogP contribution is -2.25. The van der Waals surface area contributed by atoms with Crippen molar-refractivity contribution >= 4 is 5.78 Å².